The molecule has 17 heavy (non-hydrogen) atoms. The number of nitrogens with one attached hydrogen (secondary N) is 1. The molecule has 2 unspecified atom stereocenters. The molecule has 1 rings (SSSR count). The molecule has 98 valence electrons. The molecule has 0 radical (unpaired) electrons. The highest BCUT2D eigenvalue weighted by Crippen LogP contribution is 2.09. The van der Waals surface area contributed by atoms with Gasteiger partial charge < -0.3 is 10.2 Å². The maximum atomic E-state index is 11.9. The zero-order valence-electron chi connectivity index (χ0n) is 10.3. The van der Waals surface area contributed by atoms with Crippen molar-refractivity contribution >= 4 is 21.7 Å². The quantitative estimate of drug-likeness (QED) is 0.718. The van der Waals surface area contributed by atoms with E-state index in [9.17, 15) is 18.0 Å². The molecule has 2 atom stereocenters. The summed E-state index contributed by atoms with van der Waals surface area (Å²) in [7, 11) is -3.14. The Kier molecular flexibility index (Phi) is 4.13. The van der Waals surface area contributed by atoms with Crippen LogP contribution in [0.25, 0.3) is 0 Å². The molecule has 1 aliphatic rings. The van der Waals surface area contributed by atoms with Gasteiger partial charge >= 0.3 is 0 Å². The number of carbonyl (C=O) groups is 2. The third kappa shape index (κ3) is 3.99. The van der Waals surface area contributed by atoms with Gasteiger partial charge in [-0.2, -0.15) is 0 Å². The highest BCUT2D eigenvalue weighted by molar-refractivity contribution is 7.90. The number of hydrogen-bond acceptors (Lipinski definition) is 4. The Morgan fingerprint density at radius 1 is 1.47 bits per heavy atom. The molecule has 1 saturated heterocycles. The van der Waals surface area contributed by atoms with Crippen LogP contribution >= 0.6 is 0 Å². The van der Waals surface area contributed by atoms with E-state index in [-0.39, 0.29) is 30.5 Å². The first-order chi connectivity index (χ1) is 7.70. The molecule has 0 spiro atoms. The third-order valence-corrected chi connectivity index (χ3v) is 3.77. The second-order valence-electron chi connectivity index (χ2n) is 4.51. The molecular formula is C10H18N2O4S. The van der Waals surface area contributed by atoms with E-state index in [1.807, 2.05) is 0 Å². The molecule has 1 heterocycles. The predicted molar refractivity (Wildman–Crippen MR) is 63.1 cm³/mol. The maximum Gasteiger partial charge on any atom is 0.245 e. The normalized spacial score (nSPS) is 24.2. The van der Waals surface area contributed by atoms with Crippen LogP contribution in [0.15, 0.2) is 0 Å². The van der Waals surface area contributed by atoms with Crippen molar-refractivity contribution in [2.24, 2.45) is 0 Å². The summed E-state index contributed by atoms with van der Waals surface area (Å²) in [5.41, 5.74) is 0. The molecule has 1 N–H and O–H groups in total. The second kappa shape index (κ2) is 5.03. The lowest BCUT2D eigenvalue weighted by Crippen LogP contribution is -2.48. The second-order valence-corrected chi connectivity index (χ2v) is 6.70. The SMILES string of the molecule is CC1NC(=O)CCN(C(C)CS(C)(=O)=O)C1=O. The van der Waals surface area contributed by atoms with E-state index in [0.29, 0.717) is 0 Å². The number of nitrogens with zero attached hydrogens (tertiary/aromatic N) is 1. The van der Waals surface area contributed by atoms with Crippen LogP contribution in [-0.2, 0) is 19.4 Å². The fourth-order valence-electron chi connectivity index (χ4n) is 1.92. The Labute approximate surface area is 101 Å². The lowest BCUT2D eigenvalue weighted by Gasteiger charge is -2.28. The Morgan fingerprint density at radius 2 is 2.06 bits per heavy atom. The van der Waals surface area contributed by atoms with Crippen LogP contribution in [0.2, 0.25) is 0 Å². The summed E-state index contributed by atoms with van der Waals surface area (Å²) in [6, 6.07) is -1.00. The Bertz CT molecular complexity index is 418. The molecule has 0 aromatic heterocycles. The summed E-state index contributed by atoms with van der Waals surface area (Å²) in [6.07, 6.45) is 1.35. The van der Waals surface area contributed by atoms with Crippen LogP contribution in [0.1, 0.15) is 20.3 Å². The van der Waals surface area contributed by atoms with E-state index >= 15 is 0 Å². The van der Waals surface area contributed by atoms with Gasteiger partial charge in [0.05, 0.1) is 5.75 Å². The van der Waals surface area contributed by atoms with Crippen LogP contribution in [-0.4, -0.2) is 55.8 Å². The third-order valence-electron chi connectivity index (χ3n) is 2.69. The van der Waals surface area contributed by atoms with E-state index in [0.717, 1.165) is 6.26 Å². The highest BCUT2D eigenvalue weighted by Gasteiger charge is 2.30. The van der Waals surface area contributed by atoms with Crippen LogP contribution in [0.5, 0.6) is 0 Å². The molecule has 0 aromatic carbocycles. The maximum absolute atomic E-state index is 11.9. The van der Waals surface area contributed by atoms with E-state index < -0.39 is 21.9 Å². The summed E-state index contributed by atoms with van der Waals surface area (Å²) in [5, 5.41) is 2.56. The van der Waals surface area contributed by atoms with Crippen molar-refractivity contribution in [3.63, 3.8) is 0 Å². The zero-order chi connectivity index (χ0) is 13.2. The molecule has 0 aliphatic carbocycles. The van der Waals surface area contributed by atoms with Gasteiger partial charge in [0.15, 0.2) is 0 Å². The predicted octanol–water partition coefficient (Wildman–Crippen LogP) is -0.843. The standard InChI is InChI=1S/C10H18N2O4S/c1-7(6-17(3,15)16)12-5-4-9(13)11-8(2)10(12)14/h7-8H,4-6H2,1-3H3,(H,11,13). The van der Waals surface area contributed by atoms with Crippen molar-refractivity contribution < 1.29 is 18.0 Å². The molecule has 0 aromatic rings. The molecule has 7 heteroatoms. The Morgan fingerprint density at radius 3 is 2.59 bits per heavy atom. The van der Waals surface area contributed by atoms with E-state index in [1.165, 1.54) is 4.90 Å². The van der Waals surface area contributed by atoms with Crippen molar-refractivity contribution in [3.05, 3.63) is 0 Å². The van der Waals surface area contributed by atoms with Gasteiger partial charge in [-0.3, -0.25) is 9.59 Å². The largest absolute Gasteiger partial charge is 0.345 e. The van der Waals surface area contributed by atoms with Crippen molar-refractivity contribution in [2.45, 2.75) is 32.4 Å². The van der Waals surface area contributed by atoms with Gasteiger partial charge in [0.25, 0.3) is 0 Å². The number of carbonyl (C=O) groups excluding carboxylic acids is 2. The van der Waals surface area contributed by atoms with Crippen molar-refractivity contribution in [2.75, 3.05) is 18.6 Å². The van der Waals surface area contributed by atoms with Crippen LogP contribution in [0, 0.1) is 0 Å². The van der Waals surface area contributed by atoms with Crippen LogP contribution < -0.4 is 5.32 Å². The average molecular weight is 262 g/mol. The first-order valence-electron chi connectivity index (χ1n) is 5.48. The number of sulfone groups is 1. The molecule has 6 nitrogen and oxygen atoms in total. The van der Waals surface area contributed by atoms with Gasteiger partial charge in [-0.25, -0.2) is 8.42 Å². The minimum absolute atomic E-state index is 0.0837. The molecular weight excluding hydrogens is 244 g/mol. The smallest absolute Gasteiger partial charge is 0.245 e. The van der Waals surface area contributed by atoms with Gasteiger partial charge in [0.2, 0.25) is 11.8 Å². The minimum Gasteiger partial charge on any atom is -0.345 e. The monoisotopic (exact) mass is 262 g/mol. The highest BCUT2D eigenvalue weighted by atomic mass is 32.2. The van der Waals surface area contributed by atoms with Gasteiger partial charge in [0, 0.05) is 25.3 Å². The Balaban J connectivity index is 2.81. The fourth-order valence-corrected chi connectivity index (χ4v) is 2.98. The Hall–Kier alpha value is -1.11. The summed E-state index contributed by atoms with van der Waals surface area (Å²) in [5.74, 6) is -0.494. The van der Waals surface area contributed by atoms with Gasteiger partial charge in [0.1, 0.15) is 15.9 Å². The average Bonchev–Trinajstić information content (AvgIpc) is 2.25. The van der Waals surface area contributed by atoms with Gasteiger partial charge in [-0.1, -0.05) is 0 Å². The molecule has 2 amide bonds. The summed E-state index contributed by atoms with van der Waals surface area (Å²) < 4.78 is 22.4. The van der Waals surface area contributed by atoms with E-state index in [4.69, 9.17) is 0 Å². The van der Waals surface area contributed by atoms with E-state index in [1.54, 1.807) is 13.8 Å². The number of hydrogen-bond donors (Lipinski definition) is 1. The summed E-state index contributed by atoms with van der Waals surface area (Å²) in [4.78, 5) is 24.7. The summed E-state index contributed by atoms with van der Waals surface area (Å²) in [6.45, 7) is 3.55. The lowest BCUT2D eigenvalue weighted by molar-refractivity contribution is -0.134. The van der Waals surface area contributed by atoms with Crippen molar-refractivity contribution in [3.8, 4) is 0 Å². The van der Waals surface area contributed by atoms with Crippen molar-refractivity contribution in [1.82, 2.24) is 10.2 Å². The topological polar surface area (TPSA) is 83.6 Å². The molecule has 1 aliphatic heterocycles. The number of rotatable bonds is 3. The first kappa shape index (κ1) is 14.0. The molecule has 0 bridgehead atoms. The van der Waals surface area contributed by atoms with Crippen molar-refractivity contribution in [1.29, 1.82) is 0 Å². The fraction of sp³-hybridized carbons (Fsp3) is 0.800. The van der Waals surface area contributed by atoms with Crippen LogP contribution in [0.3, 0.4) is 0 Å². The van der Waals surface area contributed by atoms with E-state index in [2.05, 4.69) is 5.32 Å². The minimum atomic E-state index is -3.14. The van der Waals surface area contributed by atoms with Gasteiger partial charge in [-0.05, 0) is 13.8 Å². The lowest BCUT2D eigenvalue weighted by atomic mass is 10.2. The first-order valence-corrected chi connectivity index (χ1v) is 7.54. The van der Waals surface area contributed by atoms with Gasteiger partial charge in [-0.15, -0.1) is 0 Å². The molecule has 1 fully saturated rings. The molecule has 0 saturated carbocycles. The summed E-state index contributed by atoms with van der Waals surface area (Å²) >= 11 is 0. The number of amides is 2. The zero-order valence-corrected chi connectivity index (χ0v) is 11.1. The van der Waals surface area contributed by atoms with Crippen LogP contribution in [0.4, 0.5) is 0 Å².